The summed E-state index contributed by atoms with van der Waals surface area (Å²) >= 11 is 0. The molecule has 3 rings (SSSR count). The molecule has 1 saturated heterocycles. The summed E-state index contributed by atoms with van der Waals surface area (Å²) in [5.41, 5.74) is 3.19. The minimum absolute atomic E-state index is 0.274. The zero-order chi connectivity index (χ0) is 16.1. The number of hydrogen-bond acceptors (Lipinski definition) is 4. The van der Waals surface area contributed by atoms with Crippen LogP contribution in [0, 0.1) is 5.82 Å². The number of carbonyl (C=O) groups excluding carboxylic acids is 1. The van der Waals surface area contributed by atoms with Gasteiger partial charge in [-0.15, -0.1) is 0 Å². The summed E-state index contributed by atoms with van der Waals surface area (Å²) in [6, 6.07) is 12.2. The van der Waals surface area contributed by atoms with Crippen LogP contribution in [0.2, 0.25) is 0 Å². The molecule has 5 nitrogen and oxygen atoms in total. The van der Waals surface area contributed by atoms with E-state index in [1.54, 1.807) is 12.1 Å². The summed E-state index contributed by atoms with van der Waals surface area (Å²) in [7, 11) is 0. The van der Waals surface area contributed by atoms with Gasteiger partial charge in [-0.3, -0.25) is 4.79 Å². The van der Waals surface area contributed by atoms with Gasteiger partial charge in [-0.2, -0.15) is 0 Å². The molecule has 1 amide bonds. The fourth-order valence-corrected chi connectivity index (χ4v) is 2.63. The van der Waals surface area contributed by atoms with Crippen molar-refractivity contribution in [1.29, 1.82) is 0 Å². The Morgan fingerprint density at radius 1 is 1.09 bits per heavy atom. The highest BCUT2D eigenvalue weighted by Crippen LogP contribution is 2.28. The van der Waals surface area contributed by atoms with Gasteiger partial charge in [-0.1, -0.05) is 0 Å². The SMILES string of the molecule is O=CNc1cc(Nc2ccc(F)cc2)ccc1NC1CCNC1. The predicted molar refractivity (Wildman–Crippen MR) is 90.7 cm³/mol. The molecule has 2 aromatic rings. The first-order valence-corrected chi connectivity index (χ1v) is 7.59. The zero-order valence-electron chi connectivity index (χ0n) is 12.6. The zero-order valence-corrected chi connectivity index (χ0v) is 12.6. The number of amides is 1. The molecule has 0 radical (unpaired) electrons. The fraction of sp³-hybridized carbons (Fsp3) is 0.235. The highest BCUT2D eigenvalue weighted by atomic mass is 19.1. The van der Waals surface area contributed by atoms with Gasteiger partial charge in [0.05, 0.1) is 11.4 Å². The molecule has 0 aliphatic carbocycles. The van der Waals surface area contributed by atoms with Crippen LogP contribution in [-0.4, -0.2) is 25.5 Å². The third-order valence-corrected chi connectivity index (χ3v) is 3.79. The molecule has 0 bridgehead atoms. The molecular formula is C17H19FN4O. The Hall–Kier alpha value is -2.60. The van der Waals surface area contributed by atoms with E-state index in [1.807, 2.05) is 18.2 Å². The van der Waals surface area contributed by atoms with E-state index >= 15 is 0 Å². The van der Waals surface area contributed by atoms with Crippen LogP contribution in [0.5, 0.6) is 0 Å². The van der Waals surface area contributed by atoms with Crippen LogP contribution in [0.25, 0.3) is 0 Å². The molecular weight excluding hydrogens is 295 g/mol. The summed E-state index contributed by atoms with van der Waals surface area (Å²) in [5.74, 6) is -0.274. The van der Waals surface area contributed by atoms with E-state index in [4.69, 9.17) is 0 Å². The molecule has 1 heterocycles. The van der Waals surface area contributed by atoms with Crippen molar-refractivity contribution in [3.8, 4) is 0 Å². The van der Waals surface area contributed by atoms with Gasteiger partial charge >= 0.3 is 0 Å². The van der Waals surface area contributed by atoms with Gasteiger partial charge in [0.25, 0.3) is 0 Å². The maximum Gasteiger partial charge on any atom is 0.211 e. The molecule has 0 saturated carbocycles. The minimum atomic E-state index is -0.274. The summed E-state index contributed by atoms with van der Waals surface area (Å²) in [6.45, 7) is 1.91. The molecule has 23 heavy (non-hydrogen) atoms. The maximum atomic E-state index is 12.9. The van der Waals surface area contributed by atoms with Gasteiger partial charge in [0.15, 0.2) is 0 Å². The largest absolute Gasteiger partial charge is 0.379 e. The first kappa shape index (κ1) is 15.3. The van der Waals surface area contributed by atoms with Crippen LogP contribution in [-0.2, 0) is 4.79 Å². The fourth-order valence-electron chi connectivity index (χ4n) is 2.63. The molecule has 1 aliphatic rings. The first-order valence-electron chi connectivity index (χ1n) is 7.59. The van der Waals surface area contributed by atoms with E-state index in [9.17, 15) is 9.18 Å². The Morgan fingerprint density at radius 2 is 1.87 bits per heavy atom. The molecule has 0 spiro atoms. The smallest absolute Gasteiger partial charge is 0.211 e. The number of benzene rings is 2. The maximum absolute atomic E-state index is 12.9. The van der Waals surface area contributed by atoms with E-state index in [1.165, 1.54) is 12.1 Å². The van der Waals surface area contributed by atoms with Gasteiger partial charge < -0.3 is 21.3 Å². The van der Waals surface area contributed by atoms with Gasteiger partial charge in [0.2, 0.25) is 6.41 Å². The van der Waals surface area contributed by atoms with Crippen molar-refractivity contribution in [1.82, 2.24) is 5.32 Å². The Morgan fingerprint density at radius 3 is 2.57 bits per heavy atom. The summed E-state index contributed by atoms with van der Waals surface area (Å²) in [6.07, 6.45) is 1.71. The number of anilines is 4. The van der Waals surface area contributed by atoms with E-state index in [-0.39, 0.29) is 5.82 Å². The van der Waals surface area contributed by atoms with Crippen LogP contribution >= 0.6 is 0 Å². The number of carbonyl (C=O) groups is 1. The predicted octanol–water partition coefficient (Wildman–Crippen LogP) is 2.91. The molecule has 2 aromatic carbocycles. The second-order valence-corrected chi connectivity index (χ2v) is 5.49. The lowest BCUT2D eigenvalue weighted by Crippen LogP contribution is -2.22. The van der Waals surface area contributed by atoms with Crippen molar-refractivity contribution in [2.24, 2.45) is 0 Å². The van der Waals surface area contributed by atoms with E-state index in [0.29, 0.717) is 18.1 Å². The molecule has 4 N–H and O–H groups in total. The third-order valence-electron chi connectivity index (χ3n) is 3.79. The average Bonchev–Trinajstić information content (AvgIpc) is 3.05. The molecule has 0 aromatic heterocycles. The average molecular weight is 314 g/mol. The number of rotatable bonds is 6. The Labute approximate surface area is 134 Å². The molecule has 120 valence electrons. The Kier molecular flexibility index (Phi) is 4.73. The summed E-state index contributed by atoms with van der Waals surface area (Å²) < 4.78 is 12.9. The highest BCUT2D eigenvalue weighted by molar-refractivity contribution is 5.84. The first-order chi connectivity index (χ1) is 11.2. The van der Waals surface area contributed by atoms with E-state index < -0.39 is 0 Å². The summed E-state index contributed by atoms with van der Waals surface area (Å²) in [4.78, 5) is 10.9. The molecule has 1 aliphatic heterocycles. The normalized spacial score (nSPS) is 16.8. The number of nitrogens with one attached hydrogen (secondary N) is 4. The number of halogens is 1. The van der Waals surface area contributed by atoms with Gasteiger partial charge in [-0.25, -0.2) is 4.39 Å². The monoisotopic (exact) mass is 314 g/mol. The van der Waals surface area contributed by atoms with E-state index in [0.717, 1.165) is 36.6 Å². The number of hydrogen-bond donors (Lipinski definition) is 4. The Balaban J connectivity index is 1.77. The standard InChI is InChI=1S/C17H19FN4O/c18-12-1-3-13(4-2-12)21-14-5-6-16(17(9-14)20-11-23)22-15-7-8-19-10-15/h1-6,9,11,15,19,21-22H,7-8,10H2,(H,20,23). The van der Waals surface area contributed by atoms with Crippen LogP contribution in [0.3, 0.4) is 0 Å². The topological polar surface area (TPSA) is 65.2 Å². The molecule has 1 atom stereocenters. The highest BCUT2D eigenvalue weighted by Gasteiger charge is 2.15. The molecule has 1 fully saturated rings. The van der Waals surface area contributed by atoms with Gasteiger partial charge in [0.1, 0.15) is 5.82 Å². The molecule has 6 heteroatoms. The van der Waals surface area contributed by atoms with Crippen molar-refractivity contribution in [2.75, 3.05) is 29.0 Å². The Bertz CT molecular complexity index is 669. The quantitative estimate of drug-likeness (QED) is 0.619. The van der Waals surface area contributed by atoms with Crippen molar-refractivity contribution >= 4 is 29.2 Å². The van der Waals surface area contributed by atoms with Crippen LogP contribution in [0.15, 0.2) is 42.5 Å². The van der Waals surface area contributed by atoms with Crippen molar-refractivity contribution < 1.29 is 9.18 Å². The van der Waals surface area contributed by atoms with Gasteiger partial charge in [-0.05, 0) is 55.4 Å². The lowest BCUT2D eigenvalue weighted by atomic mass is 10.2. The van der Waals surface area contributed by atoms with Crippen LogP contribution in [0.4, 0.5) is 27.1 Å². The van der Waals surface area contributed by atoms with Crippen molar-refractivity contribution in [3.63, 3.8) is 0 Å². The van der Waals surface area contributed by atoms with Gasteiger partial charge in [0, 0.05) is 24.0 Å². The lowest BCUT2D eigenvalue weighted by Gasteiger charge is -2.17. The van der Waals surface area contributed by atoms with Crippen molar-refractivity contribution in [2.45, 2.75) is 12.5 Å². The van der Waals surface area contributed by atoms with Crippen LogP contribution < -0.4 is 21.3 Å². The second kappa shape index (κ2) is 7.11. The van der Waals surface area contributed by atoms with Crippen molar-refractivity contribution in [3.05, 3.63) is 48.3 Å². The minimum Gasteiger partial charge on any atom is -0.379 e. The van der Waals surface area contributed by atoms with E-state index in [2.05, 4.69) is 21.3 Å². The van der Waals surface area contributed by atoms with Crippen LogP contribution in [0.1, 0.15) is 6.42 Å². The summed E-state index contributed by atoms with van der Waals surface area (Å²) in [5, 5.41) is 12.6. The second-order valence-electron chi connectivity index (χ2n) is 5.49. The lowest BCUT2D eigenvalue weighted by molar-refractivity contribution is -0.105. The third kappa shape index (κ3) is 3.98. The molecule has 1 unspecified atom stereocenters.